The topological polar surface area (TPSA) is 61.8 Å². The summed E-state index contributed by atoms with van der Waals surface area (Å²) in [6.07, 6.45) is 2.26. The van der Waals surface area contributed by atoms with Gasteiger partial charge in [0.1, 0.15) is 0 Å². The van der Waals surface area contributed by atoms with Crippen LogP contribution < -0.4 is 10.4 Å². The van der Waals surface area contributed by atoms with E-state index in [4.69, 9.17) is 13.9 Å². The quantitative estimate of drug-likeness (QED) is 0.210. The SMILES string of the molecule is CC(C)C(=O)OC(/C=C/CO[Si](c1ccccc1)(c1ccccc1)C(C)(C)C)OC(=O)C(C)C. The van der Waals surface area contributed by atoms with E-state index in [-0.39, 0.29) is 23.5 Å². The van der Waals surface area contributed by atoms with E-state index in [2.05, 4.69) is 45.0 Å². The highest BCUT2D eigenvalue weighted by molar-refractivity contribution is 6.99. The molecule has 5 nitrogen and oxygen atoms in total. The van der Waals surface area contributed by atoms with Gasteiger partial charge in [-0.3, -0.25) is 9.59 Å². The highest BCUT2D eigenvalue weighted by Crippen LogP contribution is 2.36. The fraction of sp³-hybridized carbons (Fsp3) is 0.429. The highest BCUT2D eigenvalue weighted by atomic mass is 28.4. The first-order valence-corrected chi connectivity index (χ1v) is 13.7. The summed E-state index contributed by atoms with van der Waals surface area (Å²) < 4.78 is 17.6. The van der Waals surface area contributed by atoms with Crippen LogP contribution in [0.15, 0.2) is 72.8 Å². The largest absolute Gasteiger partial charge is 0.421 e. The van der Waals surface area contributed by atoms with Gasteiger partial charge >= 0.3 is 11.9 Å². The molecule has 0 fully saturated rings. The van der Waals surface area contributed by atoms with E-state index in [0.29, 0.717) is 0 Å². The Morgan fingerprint density at radius 3 is 1.56 bits per heavy atom. The second-order valence-corrected chi connectivity index (χ2v) is 14.3. The summed E-state index contributed by atoms with van der Waals surface area (Å²) in [5, 5.41) is 2.20. The summed E-state index contributed by atoms with van der Waals surface area (Å²) in [6, 6.07) is 20.7. The third-order valence-corrected chi connectivity index (χ3v) is 10.5. The molecule has 0 heterocycles. The summed E-state index contributed by atoms with van der Waals surface area (Å²) in [6.45, 7) is 13.8. The van der Waals surface area contributed by atoms with Gasteiger partial charge in [0.25, 0.3) is 14.6 Å². The van der Waals surface area contributed by atoms with Crippen LogP contribution in [0.5, 0.6) is 0 Å². The lowest BCUT2D eigenvalue weighted by Gasteiger charge is -2.42. The lowest BCUT2D eigenvalue weighted by molar-refractivity contribution is -0.183. The molecule has 0 aliphatic carbocycles. The van der Waals surface area contributed by atoms with Crippen molar-refractivity contribution in [3.05, 3.63) is 72.8 Å². The minimum Gasteiger partial charge on any atom is -0.421 e. The smallest absolute Gasteiger partial charge is 0.311 e. The van der Waals surface area contributed by atoms with Crippen LogP contribution in [0.25, 0.3) is 0 Å². The third kappa shape index (κ3) is 6.90. The van der Waals surface area contributed by atoms with Crippen molar-refractivity contribution in [3.63, 3.8) is 0 Å². The molecule has 0 bridgehead atoms. The first kappa shape index (κ1) is 27.5. The number of rotatable bonds is 10. The van der Waals surface area contributed by atoms with Crippen molar-refractivity contribution in [2.45, 2.75) is 59.8 Å². The van der Waals surface area contributed by atoms with Gasteiger partial charge in [-0.25, -0.2) is 0 Å². The molecule has 0 unspecified atom stereocenters. The molecule has 0 radical (unpaired) electrons. The van der Waals surface area contributed by atoms with Crippen molar-refractivity contribution in [1.29, 1.82) is 0 Å². The zero-order valence-corrected chi connectivity index (χ0v) is 22.4. The molecule has 0 aliphatic rings. The van der Waals surface area contributed by atoms with Crippen LogP contribution in [0.1, 0.15) is 48.5 Å². The van der Waals surface area contributed by atoms with Gasteiger partial charge in [-0.05, 0) is 21.5 Å². The molecular weight excluding hydrogens is 444 g/mol. The summed E-state index contributed by atoms with van der Waals surface area (Å²) >= 11 is 0. The van der Waals surface area contributed by atoms with Gasteiger partial charge in [0.15, 0.2) is 0 Å². The summed E-state index contributed by atoms with van der Waals surface area (Å²) in [5.41, 5.74) is 0. The predicted molar refractivity (Wildman–Crippen MR) is 138 cm³/mol. The van der Waals surface area contributed by atoms with Crippen molar-refractivity contribution in [2.24, 2.45) is 11.8 Å². The van der Waals surface area contributed by atoms with E-state index in [1.54, 1.807) is 39.8 Å². The number of ether oxygens (including phenoxy) is 2. The van der Waals surface area contributed by atoms with Crippen LogP contribution in [-0.2, 0) is 23.5 Å². The normalized spacial score (nSPS) is 12.5. The van der Waals surface area contributed by atoms with Crippen LogP contribution in [0.3, 0.4) is 0 Å². The molecule has 2 aromatic carbocycles. The van der Waals surface area contributed by atoms with Crippen molar-refractivity contribution in [2.75, 3.05) is 6.61 Å². The Hall–Kier alpha value is -2.70. The maximum absolute atomic E-state index is 12.1. The molecule has 2 rings (SSSR count). The first-order chi connectivity index (χ1) is 16.0. The van der Waals surface area contributed by atoms with Crippen molar-refractivity contribution in [1.82, 2.24) is 0 Å². The van der Waals surface area contributed by atoms with Crippen LogP contribution in [0.4, 0.5) is 0 Å². The maximum atomic E-state index is 12.1. The van der Waals surface area contributed by atoms with Gasteiger partial charge in [-0.1, -0.05) is 115 Å². The molecule has 0 saturated heterocycles. The molecular formula is C28H38O5Si. The van der Waals surface area contributed by atoms with Gasteiger partial charge in [0.2, 0.25) is 0 Å². The average Bonchev–Trinajstić information content (AvgIpc) is 2.79. The van der Waals surface area contributed by atoms with E-state index >= 15 is 0 Å². The van der Waals surface area contributed by atoms with Crippen molar-refractivity contribution in [3.8, 4) is 0 Å². The number of hydrogen-bond acceptors (Lipinski definition) is 5. The summed E-state index contributed by atoms with van der Waals surface area (Å²) in [5.74, 6) is -1.53. The van der Waals surface area contributed by atoms with Gasteiger partial charge in [-0.2, -0.15) is 0 Å². The second-order valence-electron chi connectivity index (χ2n) is 9.95. The maximum Gasteiger partial charge on any atom is 0.311 e. The minimum atomic E-state index is -2.69. The number of carbonyl (C=O) groups excluding carboxylic acids is 2. The van der Waals surface area contributed by atoms with Crippen molar-refractivity contribution >= 4 is 30.6 Å². The molecule has 184 valence electrons. The van der Waals surface area contributed by atoms with E-state index in [1.807, 2.05) is 36.4 Å². The fourth-order valence-electron chi connectivity index (χ4n) is 3.71. The molecule has 0 aromatic heterocycles. The van der Waals surface area contributed by atoms with Crippen LogP contribution >= 0.6 is 0 Å². The monoisotopic (exact) mass is 482 g/mol. The van der Waals surface area contributed by atoms with Gasteiger partial charge < -0.3 is 13.9 Å². The van der Waals surface area contributed by atoms with Gasteiger partial charge in [0, 0.05) is 0 Å². The lowest BCUT2D eigenvalue weighted by Crippen LogP contribution is -2.66. The fourth-order valence-corrected chi connectivity index (χ4v) is 8.21. The zero-order chi connectivity index (χ0) is 25.4. The Kier molecular flexibility index (Phi) is 9.83. The molecule has 0 N–H and O–H groups in total. The average molecular weight is 483 g/mol. The summed E-state index contributed by atoms with van der Waals surface area (Å²) in [7, 11) is -2.69. The lowest BCUT2D eigenvalue weighted by atomic mass is 10.2. The predicted octanol–water partition coefficient (Wildman–Crippen LogP) is 4.84. The number of hydrogen-bond donors (Lipinski definition) is 0. The Morgan fingerprint density at radius 2 is 1.21 bits per heavy atom. The van der Waals surface area contributed by atoms with Gasteiger partial charge in [0.05, 0.1) is 18.4 Å². The molecule has 0 amide bonds. The molecule has 34 heavy (non-hydrogen) atoms. The number of benzene rings is 2. The molecule has 0 atom stereocenters. The first-order valence-electron chi connectivity index (χ1n) is 11.8. The Labute approximate surface area is 205 Å². The van der Waals surface area contributed by atoms with Crippen molar-refractivity contribution < 1.29 is 23.5 Å². The third-order valence-electron chi connectivity index (χ3n) is 5.51. The Balaban J connectivity index is 2.34. The van der Waals surface area contributed by atoms with E-state index < -0.39 is 26.5 Å². The highest BCUT2D eigenvalue weighted by Gasteiger charge is 2.49. The van der Waals surface area contributed by atoms with Crippen LogP contribution in [-0.4, -0.2) is 33.2 Å². The van der Waals surface area contributed by atoms with E-state index in [1.165, 1.54) is 10.4 Å². The Morgan fingerprint density at radius 1 is 0.794 bits per heavy atom. The standard InChI is InChI=1S/C28H38O5Si/c1-21(2)26(29)32-25(33-27(30)22(3)4)19-14-20-31-34(28(5,6)7,23-15-10-8-11-16-23)24-17-12-9-13-18-24/h8-19,21-22,25H,20H2,1-7H3/b19-14+. The number of carbonyl (C=O) groups is 2. The molecule has 0 saturated carbocycles. The van der Waals surface area contributed by atoms with Crippen LogP contribution in [0.2, 0.25) is 5.04 Å². The molecule has 0 aliphatic heterocycles. The zero-order valence-electron chi connectivity index (χ0n) is 21.4. The van der Waals surface area contributed by atoms with E-state index in [0.717, 1.165) is 0 Å². The van der Waals surface area contributed by atoms with E-state index in [9.17, 15) is 9.59 Å². The second kappa shape index (κ2) is 12.1. The van der Waals surface area contributed by atoms with Crippen LogP contribution in [0, 0.1) is 11.8 Å². The van der Waals surface area contributed by atoms with Gasteiger partial charge in [-0.15, -0.1) is 0 Å². The molecule has 2 aromatic rings. The molecule has 6 heteroatoms. The number of esters is 2. The minimum absolute atomic E-state index is 0.156. The Bertz CT molecular complexity index is 884. The summed E-state index contributed by atoms with van der Waals surface area (Å²) in [4.78, 5) is 24.3. The molecule has 0 spiro atoms.